The van der Waals surface area contributed by atoms with E-state index in [1.54, 1.807) is 39.0 Å². The number of fused-ring (bicyclic) bond motifs is 2. The maximum atomic E-state index is 14.0. The molecule has 0 aliphatic carbocycles. The molecular weight excluding hydrogens is 627 g/mol. The standard InChI is InChI=1S/C31H32F3N5O6S/c1-18-7-8-20(24(29(3,4)28(40)41)22-9-12-39-25(19(22)2)36-37-27(39)31(32,33)34)14-21(18)15-38-16-30(10-13-44-17-30)45-26-23(46(38,42)43)6-5-11-35-26/h5-9,11-12,14,24H,10,13,15-17H2,1-4H3,(H,40,41)/t24?,30-/m0/s1. The van der Waals surface area contributed by atoms with E-state index < -0.39 is 44.9 Å². The predicted molar refractivity (Wildman–Crippen MR) is 158 cm³/mol. The molecule has 0 bridgehead atoms. The van der Waals surface area contributed by atoms with Crippen LogP contribution in [0.3, 0.4) is 0 Å². The van der Waals surface area contributed by atoms with E-state index in [0.29, 0.717) is 35.3 Å². The second-order valence-electron chi connectivity index (χ2n) is 12.4. The van der Waals surface area contributed by atoms with Gasteiger partial charge in [-0.1, -0.05) is 18.2 Å². The number of carboxylic acid groups (broad SMARTS) is 1. The minimum atomic E-state index is -4.74. The first-order valence-electron chi connectivity index (χ1n) is 14.5. The fourth-order valence-electron chi connectivity index (χ4n) is 6.31. The number of hydrogen-bond donors (Lipinski definition) is 1. The van der Waals surface area contributed by atoms with Crippen molar-refractivity contribution in [2.24, 2.45) is 5.41 Å². The molecule has 1 fully saturated rings. The van der Waals surface area contributed by atoms with E-state index >= 15 is 0 Å². The predicted octanol–water partition coefficient (Wildman–Crippen LogP) is 4.75. The van der Waals surface area contributed by atoms with Gasteiger partial charge in [0.2, 0.25) is 21.7 Å². The lowest BCUT2D eigenvalue weighted by atomic mass is 9.70. The molecule has 1 unspecified atom stereocenters. The lowest BCUT2D eigenvalue weighted by molar-refractivity contribution is -0.147. The zero-order chi connectivity index (χ0) is 33.2. The third kappa shape index (κ3) is 5.29. The van der Waals surface area contributed by atoms with Crippen molar-refractivity contribution in [2.45, 2.75) is 63.3 Å². The number of hydrogen-bond acceptors (Lipinski definition) is 8. The molecule has 1 saturated heterocycles. The van der Waals surface area contributed by atoms with E-state index in [2.05, 4.69) is 15.2 Å². The lowest BCUT2D eigenvalue weighted by Crippen LogP contribution is -2.47. The van der Waals surface area contributed by atoms with Gasteiger partial charge in [0.1, 0.15) is 10.5 Å². The normalized spacial score (nSPS) is 20.8. The topological polar surface area (TPSA) is 136 Å². The van der Waals surface area contributed by atoms with Crippen LogP contribution >= 0.6 is 0 Å². The summed E-state index contributed by atoms with van der Waals surface area (Å²) < 4.78 is 82.7. The second kappa shape index (κ2) is 11.0. The maximum absolute atomic E-state index is 14.0. The van der Waals surface area contributed by atoms with Crippen LogP contribution in [0.25, 0.3) is 5.65 Å². The number of pyridine rings is 2. The van der Waals surface area contributed by atoms with Gasteiger partial charge in [-0.05, 0) is 73.7 Å². The molecule has 2 aliphatic rings. The Hall–Kier alpha value is -4.08. The maximum Gasteiger partial charge on any atom is 0.452 e. The van der Waals surface area contributed by atoms with Gasteiger partial charge < -0.3 is 14.6 Å². The highest BCUT2D eigenvalue weighted by molar-refractivity contribution is 7.89. The first-order chi connectivity index (χ1) is 21.5. The summed E-state index contributed by atoms with van der Waals surface area (Å²) in [6.45, 7) is 7.02. The highest BCUT2D eigenvalue weighted by atomic mass is 32.2. The molecule has 2 atom stereocenters. The van der Waals surface area contributed by atoms with Crippen molar-refractivity contribution in [1.82, 2.24) is 23.9 Å². The summed E-state index contributed by atoms with van der Waals surface area (Å²) in [6, 6.07) is 9.74. The summed E-state index contributed by atoms with van der Waals surface area (Å²) in [6.07, 6.45) is -1.62. The van der Waals surface area contributed by atoms with E-state index in [1.807, 2.05) is 6.92 Å². The average Bonchev–Trinajstić information content (AvgIpc) is 3.61. The van der Waals surface area contributed by atoms with Crippen LogP contribution in [-0.2, 0) is 32.3 Å². The lowest BCUT2D eigenvalue weighted by Gasteiger charge is -2.33. The van der Waals surface area contributed by atoms with Gasteiger partial charge in [-0.2, -0.15) is 17.5 Å². The Labute approximate surface area is 263 Å². The van der Waals surface area contributed by atoms with Gasteiger partial charge in [-0.25, -0.2) is 13.4 Å². The van der Waals surface area contributed by atoms with E-state index in [1.165, 1.54) is 34.9 Å². The fourth-order valence-corrected chi connectivity index (χ4v) is 7.87. The number of benzene rings is 1. The van der Waals surface area contributed by atoms with Crippen molar-refractivity contribution in [2.75, 3.05) is 19.8 Å². The summed E-state index contributed by atoms with van der Waals surface area (Å²) in [5.41, 5.74) is 0.288. The summed E-state index contributed by atoms with van der Waals surface area (Å²) in [5, 5.41) is 17.5. The first kappa shape index (κ1) is 31.9. The van der Waals surface area contributed by atoms with E-state index in [0.717, 1.165) is 9.96 Å². The SMILES string of the molecule is Cc1ccc(C(c2ccn3c(C(F)(F)F)nnc3c2C)C(C)(C)C(=O)O)cc1CN1C[C@]2(CCOC2)Oc2ncccc2S1(=O)=O. The van der Waals surface area contributed by atoms with Gasteiger partial charge in [-0.15, -0.1) is 10.2 Å². The number of sulfonamides is 1. The average molecular weight is 660 g/mol. The van der Waals surface area contributed by atoms with E-state index in [4.69, 9.17) is 9.47 Å². The van der Waals surface area contributed by atoms with Gasteiger partial charge >= 0.3 is 12.1 Å². The molecule has 2 aliphatic heterocycles. The number of ether oxygens (including phenoxy) is 2. The number of halogens is 3. The van der Waals surface area contributed by atoms with Gasteiger partial charge in [0.05, 0.1) is 25.2 Å². The molecule has 0 amide bonds. The Kier molecular flexibility index (Phi) is 7.64. The van der Waals surface area contributed by atoms with Crippen molar-refractivity contribution in [1.29, 1.82) is 0 Å². The number of carboxylic acids is 1. The molecule has 3 aromatic heterocycles. The van der Waals surface area contributed by atoms with E-state index in [-0.39, 0.29) is 36.1 Å². The summed E-state index contributed by atoms with van der Waals surface area (Å²) in [7, 11) is -4.08. The Bertz CT molecular complexity index is 1950. The van der Waals surface area contributed by atoms with Crippen LogP contribution < -0.4 is 4.74 Å². The van der Waals surface area contributed by atoms with Crippen molar-refractivity contribution in [3.8, 4) is 5.88 Å². The third-order valence-corrected chi connectivity index (χ3v) is 10.8. The van der Waals surface area contributed by atoms with E-state index in [9.17, 15) is 31.5 Å². The number of aryl methyl sites for hydroxylation is 2. The third-order valence-electron chi connectivity index (χ3n) is 8.96. The van der Waals surface area contributed by atoms with Crippen molar-refractivity contribution >= 4 is 21.6 Å². The molecule has 11 nitrogen and oxygen atoms in total. The number of aliphatic carboxylic acids is 1. The fraction of sp³-hybridized carbons (Fsp3) is 0.419. The Morgan fingerprint density at radius 2 is 1.91 bits per heavy atom. The highest BCUT2D eigenvalue weighted by Gasteiger charge is 2.47. The number of nitrogens with zero attached hydrogens (tertiary/aromatic N) is 5. The number of alkyl halides is 3. The minimum absolute atomic E-state index is 0.00358. The molecule has 46 heavy (non-hydrogen) atoms. The highest BCUT2D eigenvalue weighted by Crippen LogP contribution is 2.44. The van der Waals surface area contributed by atoms with Gasteiger partial charge in [0, 0.05) is 31.3 Å². The van der Waals surface area contributed by atoms with Crippen molar-refractivity contribution in [3.05, 3.63) is 82.4 Å². The van der Waals surface area contributed by atoms with Crippen LogP contribution in [-0.4, -0.2) is 68.7 Å². The first-order valence-corrected chi connectivity index (χ1v) is 16.0. The Morgan fingerprint density at radius 1 is 1.15 bits per heavy atom. The monoisotopic (exact) mass is 659 g/mol. The number of aromatic nitrogens is 4. The zero-order valence-corrected chi connectivity index (χ0v) is 26.3. The van der Waals surface area contributed by atoms with Crippen LogP contribution in [0.1, 0.15) is 59.8 Å². The molecule has 15 heteroatoms. The number of carbonyl (C=O) groups is 1. The van der Waals surface area contributed by atoms with Gasteiger partial charge in [-0.3, -0.25) is 9.20 Å². The van der Waals surface area contributed by atoms with Gasteiger partial charge in [0.15, 0.2) is 5.65 Å². The summed E-state index contributed by atoms with van der Waals surface area (Å²) >= 11 is 0. The molecular formula is C31H32F3N5O6S. The molecule has 0 saturated carbocycles. The number of rotatable bonds is 6. The summed E-state index contributed by atoms with van der Waals surface area (Å²) in [5.74, 6) is -3.16. The van der Waals surface area contributed by atoms with Crippen LogP contribution in [0.15, 0.2) is 53.7 Å². The second-order valence-corrected chi connectivity index (χ2v) is 14.3. The quantitative estimate of drug-likeness (QED) is 0.311. The zero-order valence-electron chi connectivity index (χ0n) is 25.5. The Morgan fingerprint density at radius 3 is 2.59 bits per heavy atom. The largest absolute Gasteiger partial charge is 0.481 e. The molecule has 1 spiro atoms. The molecule has 244 valence electrons. The van der Waals surface area contributed by atoms with Gasteiger partial charge in [0.25, 0.3) is 0 Å². The van der Waals surface area contributed by atoms with Crippen LogP contribution in [0.2, 0.25) is 0 Å². The molecule has 1 N–H and O–H groups in total. The Balaban J connectivity index is 1.46. The molecule has 4 aromatic rings. The van der Waals surface area contributed by atoms with Crippen LogP contribution in [0.4, 0.5) is 13.2 Å². The molecule has 0 radical (unpaired) electrons. The van der Waals surface area contributed by atoms with Crippen molar-refractivity contribution < 1.29 is 41.0 Å². The molecule has 6 rings (SSSR count). The van der Waals surface area contributed by atoms with Crippen LogP contribution in [0.5, 0.6) is 5.88 Å². The minimum Gasteiger partial charge on any atom is -0.481 e. The molecule has 5 heterocycles. The summed E-state index contributed by atoms with van der Waals surface area (Å²) in [4.78, 5) is 16.8. The van der Waals surface area contributed by atoms with Crippen LogP contribution in [0, 0.1) is 19.3 Å². The smallest absolute Gasteiger partial charge is 0.452 e. The van der Waals surface area contributed by atoms with Crippen molar-refractivity contribution in [3.63, 3.8) is 0 Å². The molecule has 1 aromatic carbocycles.